The van der Waals surface area contributed by atoms with Gasteiger partial charge in [-0.05, 0) is 42.0 Å². The molecule has 1 fully saturated rings. The van der Waals surface area contributed by atoms with Gasteiger partial charge in [-0.25, -0.2) is 4.98 Å². The van der Waals surface area contributed by atoms with Crippen molar-refractivity contribution in [3.8, 4) is 0 Å². The van der Waals surface area contributed by atoms with Gasteiger partial charge in [0.1, 0.15) is 5.82 Å². The lowest BCUT2D eigenvalue weighted by atomic mass is 10.2. The van der Waals surface area contributed by atoms with Crippen molar-refractivity contribution in [3.05, 3.63) is 72.7 Å². The molecule has 1 aliphatic rings. The van der Waals surface area contributed by atoms with E-state index in [2.05, 4.69) is 61.2 Å². The van der Waals surface area contributed by atoms with Gasteiger partial charge in [0.15, 0.2) is 0 Å². The molecule has 0 saturated carbocycles. The first-order valence-corrected chi connectivity index (χ1v) is 9.28. The lowest BCUT2D eigenvalue weighted by molar-refractivity contribution is 0.589. The lowest BCUT2D eigenvalue weighted by Crippen LogP contribution is -2.43. The van der Waals surface area contributed by atoms with Crippen LogP contribution in [0.3, 0.4) is 0 Å². The van der Waals surface area contributed by atoms with Gasteiger partial charge in [0.25, 0.3) is 0 Å². The monoisotopic (exact) mass is 360 g/mol. The Morgan fingerprint density at radius 1 is 0.963 bits per heavy atom. The van der Waals surface area contributed by atoms with E-state index in [1.165, 1.54) is 5.69 Å². The summed E-state index contributed by atoms with van der Waals surface area (Å²) >= 11 is 0. The van der Waals surface area contributed by atoms with Crippen molar-refractivity contribution in [2.75, 3.05) is 41.7 Å². The summed E-state index contributed by atoms with van der Waals surface area (Å²) in [7, 11) is 0. The van der Waals surface area contributed by atoms with Crippen molar-refractivity contribution in [1.82, 2.24) is 15.3 Å². The van der Waals surface area contributed by atoms with Crippen molar-refractivity contribution in [2.45, 2.75) is 6.54 Å². The Morgan fingerprint density at radius 3 is 2.59 bits per heavy atom. The second-order valence-electron chi connectivity index (χ2n) is 6.55. The summed E-state index contributed by atoms with van der Waals surface area (Å²) in [6.07, 6.45) is 5.46. The third kappa shape index (κ3) is 4.74. The minimum Gasteiger partial charge on any atom is -0.381 e. The summed E-state index contributed by atoms with van der Waals surface area (Å²) in [4.78, 5) is 11.0. The summed E-state index contributed by atoms with van der Waals surface area (Å²) in [5.41, 5.74) is 4.47. The average molecular weight is 360 g/mol. The van der Waals surface area contributed by atoms with Crippen LogP contribution in [0.1, 0.15) is 5.56 Å². The molecule has 0 bridgehead atoms. The van der Waals surface area contributed by atoms with E-state index >= 15 is 0 Å². The molecule has 3 aromatic rings. The summed E-state index contributed by atoms with van der Waals surface area (Å²) in [5.74, 6) is 0.820. The maximum atomic E-state index is 4.42. The molecule has 1 saturated heterocycles. The number of anilines is 4. The molecule has 1 aliphatic heterocycles. The molecule has 0 atom stereocenters. The molecule has 6 nitrogen and oxygen atoms in total. The van der Waals surface area contributed by atoms with Crippen LogP contribution in [0.25, 0.3) is 0 Å². The summed E-state index contributed by atoms with van der Waals surface area (Å²) in [6, 6.07) is 16.5. The first kappa shape index (κ1) is 17.3. The molecule has 2 aromatic heterocycles. The zero-order chi connectivity index (χ0) is 18.3. The Balaban J connectivity index is 1.37. The predicted octanol–water partition coefficient (Wildman–Crippen LogP) is 3.24. The van der Waals surface area contributed by atoms with E-state index in [4.69, 9.17) is 0 Å². The molecule has 1 aromatic carbocycles. The number of benzene rings is 1. The maximum Gasteiger partial charge on any atom is 0.132 e. The van der Waals surface area contributed by atoms with Crippen LogP contribution in [-0.2, 0) is 6.54 Å². The van der Waals surface area contributed by atoms with Crippen molar-refractivity contribution < 1.29 is 0 Å². The number of nitrogens with zero attached hydrogens (tertiary/aromatic N) is 3. The smallest absolute Gasteiger partial charge is 0.132 e. The van der Waals surface area contributed by atoms with Gasteiger partial charge in [0, 0.05) is 74.4 Å². The van der Waals surface area contributed by atoms with Crippen molar-refractivity contribution in [1.29, 1.82) is 0 Å². The zero-order valence-corrected chi connectivity index (χ0v) is 15.2. The second kappa shape index (κ2) is 8.51. The first-order valence-electron chi connectivity index (χ1n) is 9.28. The lowest BCUT2D eigenvalue weighted by Gasteiger charge is -2.29. The highest BCUT2D eigenvalue weighted by molar-refractivity contribution is 5.63. The van der Waals surface area contributed by atoms with Crippen molar-refractivity contribution in [3.63, 3.8) is 0 Å². The van der Waals surface area contributed by atoms with Crippen LogP contribution < -0.4 is 20.9 Å². The average Bonchev–Trinajstić information content (AvgIpc) is 2.75. The number of piperazine rings is 1. The van der Waals surface area contributed by atoms with Gasteiger partial charge in [-0.3, -0.25) is 4.98 Å². The largest absolute Gasteiger partial charge is 0.381 e. The van der Waals surface area contributed by atoms with E-state index < -0.39 is 0 Å². The van der Waals surface area contributed by atoms with Crippen LogP contribution in [0.15, 0.2) is 67.1 Å². The van der Waals surface area contributed by atoms with E-state index in [1.807, 2.05) is 30.6 Å². The molecule has 27 heavy (non-hydrogen) atoms. The first-order chi connectivity index (χ1) is 13.4. The van der Waals surface area contributed by atoms with Crippen LogP contribution in [0.2, 0.25) is 0 Å². The second-order valence-corrected chi connectivity index (χ2v) is 6.55. The topological polar surface area (TPSA) is 65.1 Å². The van der Waals surface area contributed by atoms with E-state index in [9.17, 15) is 0 Å². The third-order valence-electron chi connectivity index (χ3n) is 4.60. The number of nitrogens with one attached hydrogen (secondary N) is 3. The highest BCUT2D eigenvalue weighted by atomic mass is 15.2. The Labute approximate surface area is 159 Å². The van der Waals surface area contributed by atoms with Gasteiger partial charge >= 0.3 is 0 Å². The quantitative estimate of drug-likeness (QED) is 0.627. The molecular weight excluding hydrogens is 336 g/mol. The normalized spacial score (nSPS) is 14.0. The van der Waals surface area contributed by atoms with Gasteiger partial charge in [-0.15, -0.1) is 0 Å². The molecule has 0 radical (unpaired) electrons. The molecule has 4 rings (SSSR count). The van der Waals surface area contributed by atoms with Gasteiger partial charge < -0.3 is 20.9 Å². The van der Waals surface area contributed by atoms with Crippen molar-refractivity contribution in [2.24, 2.45) is 0 Å². The molecule has 0 aliphatic carbocycles. The fourth-order valence-electron chi connectivity index (χ4n) is 3.14. The molecule has 3 heterocycles. The molecule has 138 valence electrons. The number of rotatable bonds is 6. The van der Waals surface area contributed by atoms with E-state index in [-0.39, 0.29) is 0 Å². The molecule has 0 spiro atoms. The van der Waals surface area contributed by atoms with E-state index in [1.54, 1.807) is 6.20 Å². The summed E-state index contributed by atoms with van der Waals surface area (Å²) in [6.45, 7) is 4.93. The molecule has 0 amide bonds. The van der Waals surface area contributed by atoms with Gasteiger partial charge in [0.2, 0.25) is 0 Å². The molecule has 6 heteroatoms. The number of hydrogen-bond acceptors (Lipinski definition) is 6. The molecule has 0 unspecified atom stereocenters. The highest BCUT2D eigenvalue weighted by Crippen LogP contribution is 2.22. The third-order valence-corrected chi connectivity index (χ3v) is 4.60. The Kier molecular flexibility index (Phi) is 5.45. The maximum absolute atomic E-state index is 4.42. The van der Waals surface area contributed by atoms with Crippen LogP contribution >= 0.6 is 0 Å². The zero-order valence-electron chi connectivity index (χ0n) is 15.2. The Hall–Kier alpha value is -3.12. The van der Waals surface area contributed by atoms with Crippen LogP contribution in [0.5, 0.6) is 0 Å². The Morgan fingerprint density at radius 2 is 1.81 bits per heavy atom. The fourth-order valence-corrected chi connectivity index (χ4v) is 3.14. The standard InChI is InChI=1S/C21H24N6/c1-2-17(15-23-8-1)16-25-19-7-9-24-21(14-19)26-18-3-5-20(6-4-18)27-12-10-22-11-13-27/h1-9,14-15,22H,10-13,16H2,(H2,24,25,26). The Bertz CT molecular complexity index is 844. The SMILES string of the molecule is c1cncc(CNc2ccnc(Nc3ccc(N4CCNCC4)cc3)c2)c1. The highest BCUT2D eigenvalue weighted by Gasteiger charge is 2.10. The minimum atomic E-state index is 0.733. The summed E-state index contributed by atoms with van der Waals surface area (Å²) in [5, 5.41) is 10.2. The van der Waals surface area contributed by atoms with E-state index in [0.717, 1.165) is 55.5 Å². The van der Waals surface area contributed by atoms with Crippen LogP contribution in [-0.4, -0.2) is 36.1 Å². The summed E-state index contributed by atoms with van der Waals surface area (Å²) < 4.78 is 0. The van der Waals surface area contributed by atoms with E-state index in [0.29, 0.717) is 0 Å². The minimum absolute atomic E-state index is 0.733. The van der Waals surface area contributed by atoms with Gasteiger partial charge in [-0.2, -0.15) is 0 Å². The van der Waals surface area contributed by atoms with Gasteiger partial charge in [0.05, 0.1) is 0 Å². The fraction of sp³-hybridized carbons (Fsp3) is 0.238. The van der Waals surface area contributed by atoms with Crippen LogP contribution in [0, 0.1) is 0 Å². The number of aromatic nitrogens is 2. The van der Waals surface area contributed by atoms with Crippen LogP contribution in [0.4, 0.5) is 22.9 Å². The number of hydrogen-bond donors (Lipinski definition) is 3. The van der Waals surface area contributed by atoms with Crippen molar-refractivity contribution >= 4 is 22.9 Å². The number of pyridine rings is 2. The molecular formula is C21H24N6. The van der Waals surface area contributed by atoms with Gasteiger partial charge in [-0.1, -0.05) is 6.07 Å². The predicted molar refractivity (Wildman–Crippen MR) is 111 cm³/mol. The molecule has 3 N–H and O–H groups in total.